The summed E-state index contributed by atoms with van der Waals surface area (Å²) in [4.78, 5) is 39.7. The van der Waals surface area contributed by atoms with Gasteiger partial charge in [0.25, 0.3) is 17.4 Å². The maximum atomic E-state index is 12.9. The molecule has 2 heterocycles. The predicted molar refractivity (Wildman–Crippen MR) is 107 cm³/mol. The summed E-state index contributed by atoms with van der Waals surface area (Å²) < 4.78 is 6.46. The average molecular weight is 383 g/mol. The minimum atomic E-state index is -0.435. The molecule has 2 aromatic rings. The van der Waals surface area contributed by atoms with E-state index in [-0.39, 0.29) is 17.2 Å². The molecule has 7 heteroatoms. The number of benzene rings is 1. The lowest BCUT2D eigenvalue weighted by Crippen LogP contribution is -2.33. The van der Waals surface area contributed by atoms with Crippen molar-refractivity contribution >= 4 is 17.5 Å². The molecule has 0 saturated carbocycles. The Bertz CT molecular complexity index is 927. The number of nitrogens with zero attached hydrogens (tertiary/aromatic N) is 2. The third-order valence-corrected chi connectivity index (χ3v) is 4.90. The monoisotopic (exact) mass is 383 g/mol. The van der Waals surface area contributed by atoms with E-state index >= 15 is 0 Å². The van der Waals surface area contributed by atoms with Gasteiger partial charge in [-0.2, -0.15) is 0 Å². The predicted octanol–water partition coefficient (Wildman–Crippen LogP) is 2.66. The molecule has 1 aromatic heterocycles. The lowest BCUT2D eigenvalue weighted by atomic mass is 10.2. The Kier molecular flexibility index (Phi) is 6.13. The number of methoxy groups -OCH3 is 1. The smallest absolute Gasteiger partial charge is 0.274 e. The first-order valence-corrected chi connectivity index (χ1v) is 9.45. The van der Waals surface area contributed by atoms with E-state index in [1.807, 2.05) is 4.90 Å². The van der Waals surface area contributed by atoms with Crippen LogP contribution in [0.25, 0.3) is 0 Å². The van der Waals surface area contributed by atoms with Crippen LogP contribution in [0.3, 0.4) is 0 Å². The molecule has 0 atom stereocenters. The summed E-state index contributed by atoms with van der Waals surface area (Å²) in [5, 5.41) is 2.63. The molecule has 0 aliphatic carbocycles. The minimum Gasteiger partial charge on any atom is -0.497 e. The SMILES string of the molecule is COc1cccc(C(=O)Nc2cc(C(=O)N3CCCCCC3)cn(C)c2=O)c1. The molecule has 2 amide bonds. The van der Waals surface area contributed by atoms with Crippen LogP contribution in [0.1, 0.15) is 46.4 Å². The van der Waals surface area contributed by atoms with Crippen LogP contribution < -0.4 is 15.6 Å². The van der Waals surface area contributed by atoms with Crippen LogP contribution in [-0.4, -0.2) is 41.5 Å². The van der Waals surface area contributed by atoms with Crippen LogP contribution in [0.15, 0.2) is 41.3 Å². The first-order valence-electron chi connectivity index (χ1n) is 9.45. The van der Waals surface area contributed by atoms with Gasteiger partial charge in [-0.05, 0) is 37.1 Å². The molecule has 1 fully saturated rings. The molecule has 0 unspecified atom stereocenters. The van der Waals surface area contributed by atoms with Crippen LogP contribution in [0.2, 0.25) is 0 Å². The number of carbonyl (C=O) groups excluding carboxylic acids is 2. The molecular weight excluding hydrogens is 358 g/mol. The Morgan fingerprint density at radius 2 is 1.75 bits per heavy atom. The van der Waals surface area contributed by atoms with Crippen molar-refractivity contribution in [2.75, 3.05) is 25.5 Å². The van der Waals surface area contributed by atoms with Crippen LogP contribution in [0, 0.1) is 0 Å². The summed E-state index contributed by atoms with van der Waals surface area (Å²) in [5.74, 6) is -0.00426. The van der Waals surface area contributed by atoms with Gasteiger partial charge < -0.3 is 19.5 Å². The maximum absolute atomic E-state index is 12.9. The summed E-state index contributed by atoms with van der Waals surface area (Å²) in [6.07, 6.45) is 5.74. The standard InChI is InChI=1S/C21H25N3O4/c1-23-14-16(20(26)24-10-5-3-4-6-11-24)13-18(21(23)27)22-19(25)15-8-7-9-17(12-15)28-2/h7-9,12-14H,3-6,10-11H2,1-2H3,(H,22,25). The van der Waals surface area contributed by atoms with Gasteiger partial charge in [0.1, 0.15) is 11.4 Å². The van der Waals surface area contributed by atoms with Gasteiger partial charge >= 0.3 is 0 Å². The van der Waals surface area contributed by atoms with E-state index < -0.39 is 5.91 Å². The number of nitrogens with one attached hydrogen (secondary N) is 1. The number of aryl methyl sites for hydroxylation is 1. The number of hydrogen-bond donors (Lipinski definition) is 1. The number of likely N-dealkylation sites (tertiary alicyclic amines) is 1. The third-order valence-electron chi connectivity index (χ3n) is 4.90. The highest BCUT2D eigenvalue weighted by molar-refractivity contribution is 6.05. The molecule has 0 bridgehead atoms. The Labute approximate surface area is 163 Å². The molecule has 148 valence electrons. The van der Waals surface area contributed by atoms with E-state index in [1.54, 1.807) is 31.3 Å². The fraction of sp³-hybridized carbons (Fsp3) is 0.381. The number of carbonyl (C=O) groups is 2. The molecule has 7 nitrogen and oxygen atoms in total. The van der Waals surface area contributed by atoms with E-state index in [0.717, 1.165) is 25.7 Å². The molecule has 3 rings (SSSR count). The van der Waals surface area contributed by atoms with Gasteiger partial charge in [-0.3, -0.25) is 14.4 Å². The van der Waals surface area contributed by atoms with Crippen molar-refractivity contribution in [1.29, 1.82) is 0 Å². The lowest BCUT2D eigenvalue weighted by molar-refractivity contribution is 0.0760. The zero-order valence-electron chi connectivity index (χ0n) is 16.2. The number of hydrogen-bond acceptors (Lipinski definition) is 4. The number of pyridine rings is 1. The summed E-state index contributed by atoms with van der Waals surface area (Å²) >= 11 is 0. The van der Waals surface area contributed by atoms with Gasteiger partial charge in [0, 0.05) is 31.9 Å². The number of aromatic nitrogens is 1. The van der Waals surface area contributed by atoms with Crippen molar-refractivity contribution in [3.05, 3.63) is 58.0 Å². The van der Waals surface area contributed by atoms with Crippen molar-refractivity contribution in [2.24, 2.45) is 7.05 Å². The highest BCUT2D eigenvalue weighted by Crippen LogP contribution is 2.16. The number of rotatable bonds is 4. The van der Waals surface area contributed by atoms with Crippen molar-refractivity contribution in [3.8, 4) is 5.75 Å². The number of amides is 2. The maximum Gasteiger partial charge on any atom is 0.274 e. The Morgan fingerprint density at radius 1 is 1.04 bits per heavy atom. The second-order valence-corrected chi connectivity index (χ2v) is 6.95. The molecule has 1 saturated heterocycles. The largest absolute Gasteiger partial charge is 0.497 e. The fourth-order valence-corrected chi connectivity index (χ4v) is 3.33. The normalized spacial score (nSPS) is 14.3. The lowest BCUT2D eigenvalue weighted by Gasteiger charge is -2.21. The van der Waals surface area contributed by atoms with Crippen molar-refractivity contribution in [3.63, 3.8) is 0 Å². The Balaban J connectivity index is 1.85. The molecule has 1 N–H and O–H groups in total. The molecule has 1 aromatic carbocycles. The van der Waals surface area contributed by atoms with Gasteiger partial charge in [-0.1, -0.05) is 18.9 Å². The van der Waals surface area contributed by atoms with E-state index in [9.17, 15) is 14.4 Å². The van der Waals surface area contributed by atoms with E-state index in [1.165, 1.54) is 23.9 Å². The highest BCUT2D eigenvalue weighted by Gasteiger charge is 2.20. The summed E-state index contributed by atoms with van der Waals surface area (Å²) in [6.45, 7) is 1.43. The van der Waals surface area contributed by atoms with Crippen LogP contribution in [0.4, 0.5) is 5.69 Å². The Hall–Kier alpha value is -3.09. The molecule has 0 radical (unpaired) electrons. The van der Waals surface area contributed by atoms with Crippen molar-refractivity contribution in [2.45, 2.75) is 25.7 Å². The molecule has 0 spiro atoms. The van der Waals surface area contributed by atoms with E-state index in [0.29, 0.717) is 30.0 Å². The second-order valence-electron chi connectivity index (χ2n) is 6.95. The Morgan fingerprint density at radius 3 is 2.43 bits per heavy atom. The molecule has 28 heavy (non-hydrogen) atoms. The van der Waals surface area contributed by atoms with Crippen molar-refractivity contribution < 1.29 is 14.3 Å². The second kappa shape index (κ2) is 8.73. The highest BCUT2D eigenvalue weighted by atomic mass is 16.5. The van der Waals surface area contributed by atoms with Crippen molar-refractivity contribution in [1.82, 2.24) is 9.47 Å². The van der Waals surface area contributed by atoms with Gasteiger partial charge in [0.2, 0.25) is 0 Å². The quantitative estimate of drug-likeness (QED) is 0.880. The zero-order chi connectivity index (χ0) is 20.1. The van der Waals surface area contributed by atoms with E-state index in [2.05, 4.69) is 5.32 Å². The number of ether oxygens (including phenoxy) is 1. The first-order chi connectivity index (χ1) is 13.5. The van der Waals surface area contributed by atoms with Gasteiger partial charge in [-0.15, -0.1) is 0 Å². The van der Waals surface area contributed by atoms with Gasteiger partial charge in [-0.25, -0.2) is 0 Å². The van der Waals surface area contributed by atoms with Crippen LogP contribution in [-0.2, 0) is 7.05 Å². The van der Waals surface area contributed by atoms with E-state index in [4.69, 9.17) is 4.74 Å². The summed E-state index contributed by atoms with van der Waals surface area (Å²) in [5.41, 5.74) is 0.468. The topological polar surface area (TPSA) is 80.6 Å². The molecule has 1 aliphatic heterocycles. The third kappa shape index (κ3) is 4.42. The summed E-state index contributed by atoms with van der Waals surface area (Å²) in [6, 6.07) is 8.12. The number of anilines is 1. The van der Waals surface area contributed by atoms with Crippen LogP contribution >= 0.6 is 0 Å². The molecular formula is C21H25N3O4. The average Bonchev–Trinajstić information content (AvgIpc) is 3.00. The first kappa shape index (κ1) is 19.7. The summed E-state index contributed by atoms with van der Waals surface area (Å²) in [7, 11) is 3.09. The minimum absolute atomic E-state index is 0.0796. The fourth-order valence-electron chi connectivity index (χ4n) is 3.33. The zero-order valence-corrected chi connectivity index (χ0v) is 16.2. The van der Waals surface area contributed by atoms with Gasteiger partial charge in [0.05, 0.1) is 12.7 Å². The van der Waals surface area contributed by atoms with Crippen LogP contribution in [0.5, 0.6) is 5.75 Å². The molecule has 1 aliphatic rings. The van der Waals surface area contributed by atoms with Gasteiger partial charge in [0.15, 0.2) is 0 Å².